The van der Waals surface area contributed by atoms with Gasteiger partial charge in [0.25, 0.3) is 0 Å². The molecule has 8 nitrogen and oxygen atoms in total. The highest BCUT2D eigenvalue weighted by molar-refractivity contribution is 5.76. The van der Waals surface area contributed by atoms with E-state index in [1.165, 1.54) is 0 Å². The molecule has 0 aliphatic heterocycles. The first kappa shape index (κ1) is 17.9. The van der Waals surface area contributed by atoms with Crippen LogP contribution in [0.1, 0.15) is 51.4 Å². The zero-order valence-electron chi connectivity index (χ0n) is 12.1. The molecule has 0 atom stereocenters. The zero-order chi connectivity index (χ0) is 17.0. The molecule has 0 unspecified atom stereocenters. The van der Waals surface area contributed by atoms with Crippen LogP contribution in [0.25, 0.3) is 0 Å². The maximum Gasteiger partial charge on any atom is 0.303 e. The van der Waals surface area contributed by atoms with E-state index in [-0.39, 0.29) is 12.8 Å². The van der Waals surface area contributed by atoms with Crippen molar-refractivity contribution in [3.8, 4) is 0 Å². The lowest BCUT2D eigenvalue weighted by Gasteiger charge is -2.51. The SMILES string of the molecule is O=C(O)CC1(CC(=O)O)CCCCC1(CC(=O)O)CC(=O)O. The van der Waals surface area contributed by atoms with Gasteiger partial charge in [-0.3, -0.25) is 19.2 Å². The van der Waals surface area contributed by atoms with Crippen molar-refractivity contribution in [3.63, 3.8) is 0 Å². The van der Waals surface area contributed by atoms with Crippen LogP contribution in [0.4, 0.5) is 0 Å². The Balaban J connectivity index is 3.39. The van der Waals surface area contributed by atoms with Crippen molar-refractivity contribution in [2.45, 2.75) is 51.4 Å². The van der Waals surface area contributed by atoms with Gasteiger partial charge in [-0.25, -0.2) is 0 Å². The lowest BCUT2D eigenvalue weighted by Crippen LogP contribution is -2.49. The van der Waals surface area contributed by atoms with Gasteiger partial charge in [-0.05, 0) is 23.7 Å². The van der Waals surface area contributed by atoms with Crippen LogP contribution >= 0.6 is 0 Å². The number of carboxylic acid groups (broad SMARTS) is 4. The lowest BCUT2D eigenvalue weighted by molar-refractivity contribution is -0.166. The van der Waals surface area contributed by atoms with Crippen molar-refractivity contribution >= 4 is 23.9 Å². The first-order valence-corrected chi connectivity index (χ1v) is 7.00. The van der Waals surface area contributed by atoms with E-state index in [2.05, 4.69) is 0 Å². The maximum absolute atomic E-state index is 11.2. The van der Waals surface area contributed by atoms with E-state index in [0.717, 1.165) is 0 Å². The molecule has 1 rings (SSSR count). The van der Waals surface area contributed by atoms with Crippen molar-refractivity contribution in [1.82, 2.24) is 0 Å². The average Bonchev–Trinajstić information content (AvgIpc) is 2.29. The molecule has 0 amide bonds. The number of carboxylic acids is 4. The summed E-state index contributed by atoms with van der Waals surface area (Å²) in [5.41, 5.74) is -2.72. The Morgan fingerprint density at radius 1 is 0.591 bits per heavy atom. The van der Waals surface area contributed by atoms with Crippen LogP contribution in [0.5, 0.6) is 0 Å². The smallest absolute Gasteiger partial charge is 0.303 e. The largest absolute Gasteiger partial charge is 0.481 e. The quantitative estimate of drug-likeness (QED) is 0.525. The molecule has 4 N–H and O–H groups in total. The van der Waals surface area contributed by atoms with Gasteiger partial charge in [-0.15, -0.1) is 0 Å². The summed E-state index contributed by atoms with van der Waals surface area (Å²) in [6.07, 6.45) is -0.652. The Kier molecular flexibility index (Phi) is 5.51. The number of carbonyl (C=O) groups is 4. The van der Waals surface area contributed by atoms with E-state index >= 15 is 0 Å². The van der Waals surface area contributed by atoms with Gasteiger partial charge in [0, 0.05) is 0 Å². The molecule has 124 valence electrons. The van der Waals surface area contributed by atoms with Gasteiger partial charge in [0.05, 0.1) is 25.7 Å². The van der Waals surface area contributed by atoms with Gasteiger partial charge in [0.1, 0.15) is 0 Å². The summed E-state index contributed by atoms with van der Waals surface area (Å²) in [5.74, 6) is -4.99. The van der Waals surface area contributed by atoms with E-state index in [0.29, 0.717) is 12.8 Å². The number of aliphatic carboxylic acids is 4. The topological polar surface area (TPSA) is 149 Å². The molecule has 0 radical (unpaired) electrons. The second kappa shape index (κ2) is 6.76. The molecule has 1 saturated carbocycles. The third-order valence-electron chi connectivity index (χ3n) is 4.64. The molecule has 1 fully saturated rings. The van der Waals surface area contributed by atoms with E-state index < -0.39 is 60.4 Å². The fourth-order valence-corrected chi connectivity index (χ4v) is 3.84. The van der Waals surface area contributed by atoms with Crippen LogP contribution in [0.15, 0.2) is 0 Å². The van der Waals surface area contributed by atoms with E-state index in [9.17, 15) is 19.2 Å². The van der Waals surface area contributed by atoms with Crippen LogP contribution in [0, 0.1) is 10.8 Å². The Bertz CT molecular complexity index is 405. The molecule has 0 aromatic heterocycles. The van der Waals surface area contributed by atoms with Gasteiger partial charge in [-0.2, -0.15) is 0 Å². The number of rotatable bonds is 8. The van der Waals surface area contributed by atoms with Gasteiger partial charge in [-0.1, -0.05) is 12.8 Å². The highest BCUT2D eigenvalue weighted by Gasteiger charge is 2.56. The molecule has 0 heterocycles. The predicted molar refractivity (Wildman–Crippen MR) is 72.3 cm³/mol. The minimum absolute atomic E-state index is 0.201. The summed E-state index contributed by atoms with van der Waals surface area (Å²) in [7, 11) is 0. The molecule has 8 heteroatoms. The van der Waals surface area contributed by atoms with Gasteiger partial charge >= 0.3 is 23.9 Å². The number of hydrogen-bond donors (Lipinski definition) is 4. The Hall–Kier alpha value is -2.12. The first-order chi connectivity index (χ1) is 10.1. The second-order valence-electron chi connectivity index (χ2n) is 6.05. The minimum atomic E-state index is -1.36. The fraction of sp³-hybridized carbons (Fsp3) is 0.714. The van der Waals surface area contributed by atoms with Crippen LogP contribution in [0.2, 0.25) is 0 Å². The van der Waals surface area contributed by atoms with E-state index in [1.54, 1.807) is 0 Å². The zero-order valence-corrected chi connectivity index (χ0v) is 12.1. The van der Waals surface area contributed by atoms with Crippen molar-refractivity contribution in [1.29, 1.82) is 0 Å². The Morgan fingerprint density at radius 2 is 0.818 bits per heavy atom. The monoisotopic (exact) mass is 316 g/mol. The molecule has 0 spiro atoms. The van der Waals surface area contributed by atoms with E-state index in [4.69, 9.17) is 20.4 Å². The highest BCUT2D eigenvalue weighted by Crippen LogP contribution is 2.59. The molecule has 0 aromatic carbocycles. The van der Waals surface area contributed by atoms with Crippen molar-refractivity contribution in [2.24, 2.45) is 10.8 Å². The average molecular weight is 316 g/mol. The van der Waals surface area contributed by atoms with Crippen LogP contribution < -0.4 is 0 Å². The summed E-state index contributed by atoms with van der Waals surface area (Å²) in [6.45, 7) is 0. The standard InChI is InChI=1S/C14H20O8/c15-9(16)5-13(6-10(17)18)3-1-2-4-14(13,7-11(19)20)8-12(21)22/h1-8H2,(H,15,16)(H,17,18)(H,19,20)(H,21,22). The van der Waals surface area contributed by atoms with Crippen molar-refractivity contribution in [3.05, 3.63) is 0 Å². The molecule has 22 heavy (non-hydrogen) atoms. The molecule has 1 aliphatic carbocycles. The lowest BCUT2D eigenvalue weighted by atomic mass is 9.50. The molecule has 0 aromatic rings. The Morgan fingerprint density at radius 3 is 1.00 bits per heavy atom. The fourth-order valence-electron chi connectivity index (χ4n) is 3.84. The summed E-state index contributed by atoms with van der Waals surface area (Å²) >= 11 is 0. The van der Waals surface area contributed by atoms with Crippen LogP contribution in [0.3, 0.4) is 0 Å². The summed E-state index contributed by atoms with van der Waals surface area (Å²) in [4.78, 5) is 44.9. The van der Waals surface area contributed by atoms with Crippen LogP contribution in [-0.2, 0) is 19.2 Å². The normalized spacial score (nSPS) is 19.3. The minimum Gasteiger partial charge on any atom is -0.481 e. The molecular formula is C14H20O8. The van der Waals surface area contributed by atoms with E-state index in [1.807, 2.05) is 0 Å². The molecule has 1 aliphatic rings. The molecule has 0 bridgehead atoms. The molecular weight excluding hydrogens is 296 g/mol. The third kappa shape index (κ3) is 3.96. The highest BCUT2D eigenvalue weighted by atomic mass is 16.4. The van der Waals surface area contributed by atoms with Crippen molar-refractivity contribution < 1.29 is 39.6 Å². The first-order valence-electron chi connectivity index (χ1n) is 7.00. The summed E-state index contributed by atoms with van der Waals surface area (Å²) in [6, 6.07) is 0. The summed E-state index contributed by atoms with van der Waals surface area (Å²) < 4.78 is 0. The van der Waals surface area contributed by atoms with Crippen molar-refractivity contribution in [2.75, 3.05) is 0 Å². The van der Waals surface area contributed by atoms with Crippen LogP contribution in [-0.4, -0.2) is 44.3 Å². The van der Waals surface area contributed by atoms with Gasteiger partial charge in [0.2, 0.25) is 0 Å². The molecule has 0 saturated heterocycles. The second-order valence-corrected chi connectivity index (χ2v) is 6.05. The number of hydrogen-bond acceptors (Lipinski definition) is 4. The maximum atomic E-state index is 11.2. The van der Waals surface area contributed by atoms with Gasteiger partial charge in [0.15, 0.2) is 0 Å². The Labute approximate surface area is 126 Å². The van der Waals surface area contributed by atoms with Gasteiger partial charge < -0.3 is 20.4 Å². The third-order valence-corrected chi connectivity index (χ3v) is 4.64. The summed E-state index contributed by atoms with van der Waals surface area (Å²) in [5, 5.41) is 36.6. The predicted octanol–water partition coefficient (Wildman–Crippen LogP) is 1.43.